The minimum absolute atomic E-state index is 0.0198. The van der Waals surface area contributed by atoms with E-state index in [0.29, 0.717) is 29.2 Å². The number of hydrogen-bond acceptors (Lipinski definition) is 10. The maximum atomic E-state index is 14.3. The summed E-state index contributed by atoms with van der Waals surface area (Å²) in [5.74, 6) is -0.529. The van der Waals surface area contributed by atoms with Crippen molar-refractivity contribution in [1.29, 1.82) is 0 Å². The number of methoxy groups -OCH3 is 1. The summed E-state index contributed by atoms with van der Waals surface area (Å²) in [6.07, 6.45) is 2.34. The molecule has 2 aromatic rings. The zero-order valence-corrected chi connectivity index (χ0v) is 28.6. The molecule has 3 fully saturated rings. The van der Waals surface area contributed by atoms with Crippen LogP contribution in [0.5, 0.6) is 5.88 Å². The molecule has 240 valence electrons. The van der Waals surface area contributed by atoms with Gasteiger partial charge in [-0.2, -0.15) is 10.1 Å². The normalized spacial score (nSPS) is 27.9. The molecule has 2 aromatic heterocycles. The monoisotopic (exact) mass is 619 g/mol. The van der Waals surface area contributed by atoms with Gasteiger partial charge in [0, 0.05) is 6.61 Å². The van der Waals surface area contributed by atoms with Gasteiger partial charge in [0.05, 0.1) is 25.5 Å². The van der Waals surface area contributed by atoms with Crippen LogP contribution in [-0.4, -0.2) is 89.0 Å². The van der Waals surface area contributed by atoms with Gasteiger partial charge in [0.1, 0.15) is 35.7 Å². The smallest absolute Gasteiger partial charge is 0.411 e. The van der Waals surface area contributed by atoms with Crippen LogP contribution in [0, 0.1) is 0 Å². The number of nitrogens with zero attached hydrogens (tertiary/aromatic N) is 5. The quantitative estimate of drug-likeness (QED) is 0.371. The number of hydrogen-bond donors (Lipinski definition) is 0. The maximum absolute atomic E-state index is 14.3. The summed E-state index contributed by atoms with van der Waals surface area (Å²) in [6.45, 7) is 21.3. The van der Waals surface area contributed by atoms with Crippen LogP contribution >= 0.6 is 0 Å². The van der Waals surface area contributed by atoms with Crippen LogP contribution in [0.1, 0.15) is 92.6 Å². The summed E-state index contributed by atoms with van der Waals surface area (Å²) in [5.41, 5.74) is 1.01. The first-order valence-corrected chi connectivity index (χ1v) is 18.2. The van der Waals surface area contributed by atoms with Crippen molar-refractivity contribution in [3.8, 4) is 5.88 Å². The fourth-order valence-electron chi connectivity index (χ4n) is 5.89. The molecule has 3 aliphatic rings. The molecule has 2 unspecified atom stereocenters. The zero-order chi connectivity index (χ0) is 31.5. The van der Waals surface area contributed by atoms with Gasteiger partial charge in [-0.25, -0.2) is 14.5 Å². The average Bonchev–Trinajstić information content (AvgIpc) is 3.52. The average molecular weight is 620 g/mol. The van der Waals surface area contributed by atoms with E-state index in [2.05, 4.69) is 43.8 Å². The Bertz CT molecular complexity index is 1330. The van der Waals surface area contributed by atoms with Crippen molar-refractivity contribution in [3.05, 3.63) is 12.0 Å². The highest BCUT2D eigenvalue weighted by molar-refractivity contribution is 6.74. The van der Waals surface area contributed by atoms with Gasteiger partial charge in [0.25, 0.3) is 0 Å². The SMILES string of the molecule is COc1ncnc2c([C@H]3C4OC(C)(C)O[C@H]4[C@H](CO[Si](C)(C)C(C)(C)C)N3C(=O)OC(C)(C)C)n(C3CCCCO3)nc12. The number of ether oxygens (including phenoxy) is 5. The number of carbonyl (C=O) groups is 1. The highest BCUT2D eigenvalue weighted by atomic mass is 28.4. The van der Waals surface area contributed by atoms with Gasteiger partial charge in [0.2, 0.25) is 5.88 Å². The van der Waals surface area contributed by atoms with Crippen molar-refractivity contribution >= 4 is 25.4 Å². The van der Waals surface area contributed by atoms with Crippen molar-refractivity contribution < 1.29 is 32.9 Å². The van der Waals surface area contributed by atoms with Gasteiger partial charge in [-0.3, -0.25) is 4.90 Å². The molecule has 13 heteroatoms. The van der Waals surface area contributed by atoms with E-state index in [1.165, 1.54) is 6.33 Å². The number of amides is 1. The minimum Gasteiger partial charge on any atom is -0.479 e. The van der Waals surface area contributed by atoms with Crippen molar-refractivity contribution in [3.63, 3.8) is 0 Å². The van der Waals surface area contributed by atoms with E-state index in [4.69, 9.17) is 33.2 Å². The fraction of sp³-hybridized carbons (Fsp3) is 0.800. The van der Waals surface area contributed by atoms with Crippen LogP contribution in [-0.2, 0) is 23.4 Å². The van der Waals surface area contributed by atoms with Crippen molar-refractivity contribution in [2.45, 2.75) is 135 Å². The second kappa shape index (κ2) is 11.2. The molecule has 0 radical (unpaired) electrons. The zero-order valence-electron chi connectivity index (χ0n) is 27.6. The van der Waals surface area contributed by atoms with Gasteiger partial charge in [-0.05, 0) is 72.0 Å². The van der Waals surface area contributed by atoms with Crippen LogP contribution in [0.2, 0.25) is 18.1 Å². The molecule has 5 rings (SSSR count). The lowest BCUT2D eigenvalue weighted by molar-refractivity contribution is -0.169. The second-order valence-corrected chi connectivity index (χ2v) is 19.6. The van der Waals surface area contributed by atoms with Crippen LogP contribution in [0.3, 0.4) is 0 Å². The summed E-state index contributed by atoms with van der Waals surface area (Å²) >= 11 is 0. The first kappa shape index (κ1) is 32.1. The summed E-state index contributed by atoms with van der Waals surface area (Å²) in [5, 5.41) is 4.94. The summed E-state index contributed by atoms with van der Waals surface area (Å²) < 4.78 is 39.7. The third kappa shape index (κ3) is 6.15. The van der Waals surface area contributed by atoms with Crippen molar-refractivity contribution in [2.24, 2.45) is 0 Å². The number of carbonyl (C=O) groups excluding carboxylic acids is 1. The van der Waals surface area contributed by atoms with Crippen LogP contribution in [0.25, 0.3) is 11.0 Å². The molecule has 0 N–H and O–H groups in total. The molecule has 12 nitrogen and oxygen atoms in total. The Labute approximate surface area is 255 Å². The molecule has 0 bridgehead atoms. The fourth-order valence-corrected chi connectivity index (χ4v) is 6.91. The molecule has 1 amide bonds. The lowest BCUT2D eigenvalue weighted by atomic mass is 10.0. The number of aromatic nitrogens is 4. The van der Waals surface area contributed by atoms with E-state index in [0.717, 1.165) is 19.3 Å². The Kier molecular flexibility index (Phi) is 8.38. The van der Waals surface area contributed by atoms with Crippen LogP contribution < -0.4 is 4.74 Å². The molecule has 0 spiro atoms. The van der Waals surface area contributed by atoms with Gasteiger partial charge >= 0.3 is 6.09 Å². The van der Waals surface area contributed by atoms with E-state index < -0.39 is 50.1 Å². The first-order chi connectivity index (χ1) is 19.9. The van der Waals surface area contributed by atoms with Crippen LogP contribution in [0.4, 0.5) is 4.79 Å². The third-order valence-electron chi connectivity index (χ3n) is 8.92. The number of fused-ring (bicyclic) bond motifs is 2. The molecule has 0 aliphatic carbocycles. The molecule has 0 saturated carbocycles. The Hall–Kier alpha value is -2.32. The van der Waals surface area contributed by atoms with E-state index in [9.17, 15) is 4.79 Å². The molecule has 5 heterocycles. The Morgan fingerprint density at radius 1 is 1.07 bits per heavy atom. The number of likely N-dealkylation sites (tertiary alicyclic amines) is 1. The van der Waals surface area contributed by atoms with E-state index >= 15 is 0 Å². The predicted octanol–water partition coefficient (Wildman–Crippen LogP) is 5.74. The van der Waals surface area contributed by atoms with Crippen molar-refractivity contribution in [1.82, 2.24) is 24.6 Å². The summed E-state index contributed by atoms with van der Waals surface area (Å²) in [6, 6.07) is -1.15. The molecular formula is C30H49N5O7Si. The highest BCUT2D eigenvalue weighted by Crippen LogP contribution is 2.50. The first-order valence-electron chi connectivity index (χ1n) is 15.3. The lowest BCUT2D eigenvalue weighted by Gasteiger charge is -2.40. The minimum atomic E-state index is -2.20. The summed E-state index contributed by atoms with van der Waals surface area (Å²) in [7, 11) is -0.639. The molecule has 3 aliphatic heterocycles. The predicted molar refractivity (Wildman–Crippen MR) is 162 cm³/mol. The standard InChI is InChI=1S/C30H49N5O7Si/c1-28(2,3)42-27(36)34-18(16-39-43(10,11)29(4,5)6)24-25(41-30(7,8)40-24)23(34)22-20-21(26(37-9)32-17-31-20)33-35(22)19-14-12-13-15-38-19/h17-19,23-25H,12-16H2,1-11H3/t18-,19?,23-,24-,25?/m0/s1. The highest BCUT2D eigenvalue weighted by Gasteiger charge is 2.62. The Balaban J connectivity index is 1.69. The van der Waals surface area contributed by atoms with E-state index in [1.54, 1.807) is 12.0 Å². The third-order valence-corrected chi connectivity index (χ3v) is 13.4. The van der Waals surface area contributed by atoms with E-state index in [1.807, 2.05) is 39.3 Å². The molecule has 5 atom stereocenters. The van der Waals surface area contributed by atoms with E-state index in [-0.39, 0.29) is 17.9 Å². The topological polar surface area (TPSA) is 119 Å². The van der Waals surface area contributed by atoms with Crippen LogP contribution in [0.15, 0.2) is 6.33 Å². The molecule has 0 aromatic carbocycles. The maximum Gasteiger partial charge on any atom is 0.411 e. The largest absolute Gasteiger partial charge is 0.479 e. The summed E-state index contributed by atoms with van der Waals surface area (Å²) in [4.78, 5) is 25.0. The van der Waals surface area contributed by atoms with Gasteiger partial charge < -0.3 is 28.1 Å². The van der Waals surface area contributed by atoms with Gasteiger partial charge in [0.15, 0.2) is 25.8 Å². The molecule has 3 saturated heterocycles. The Morgan fingerprint density at radius 2 is 1.77 bits per heavy atom. The second-order valence-electron chi connectivity index (χ2n) is 14.8. The lowest BCUT2D eigenvalue weighted by Crippen LogP contribution is -2.51. The molecule has 43 heavy (non-hydrogen) atoms. The molecular weight excluding hydrogens is 570 g/mol. The van der Waals surface area contributed by atoms with Crippen molar-refractivity contribution in [2.75, 3.05) is 20.3 Å². The Morgan fingerprint density at radius 3 is 2.37 bits per heavy atom. The van der Waals surface area contributed by atoms with Gasteiger partial charge in [-0.1, -0.05) is 20.8 Å². The van der Waals surface area contributed by atoms with Gasteiger partial charge in [-0.15, -0.1) is 0 Å². The number of rotatable bonds is 6.